The van der Waals surface area contributed by atoms with Crippen molar-refractivity contribution in [3.05, 3.63) is 29.8 Å². The van der Waals surface area contributed by atoms with E-state index >= 15 is 0 Å². The summed E-state index contributed by atoms with van der Waals surface area (Å²) in [5.41, 5.74) is 1.73. The highest BCUT2D eigenvalue weighted by molar-refractivity contribution is 5.93. The normalized spacial score (nSPS) is 21.0. The van der Waals surface area contributed by atoms with E-state index < -0.39 is 5.97 Å². The van der Waals surface area contributed by atoms with Gasteiger partial charge >= 0.3 is 5.97 Å². The second-order valence-electron chi connectivity index (χ2n) is 6.09. The highest BCUT2D eigenvalue weighted by Gasteiger charge is 2.33. The van der Waals surface area contributed by atoms with Gasteiger partial charge in [-0.15, -0.1) is 0 Å². The van der Waals surface area contributed by atoms with Gasteiger partial charge in [0.2, 0.25) is 5.91 Å². The fraction of sp³-hybridized carbons (Fsp3) is 0.529. The zero-order valence-electron chi connectivity index (χ0n) is 13.0. The molecule has 5 nitrogen and oxygen atoms in total. The van der Waals surface area contributed by atoms with Crippen LogP contribution in [0, 0.1) is 11.8 Å². The van der Waals surface area contributed by atoms with Crippen molar-refractivity contribution in [1.82, 2.24) is 0 Å². The molecule has 0 heterocycles. The van der Waals surface area contributed by atoms with E-state index in [1.807, 2.05) is 38.1 Å². The minimum absolute atomic E-state index is 0.0920. The molecule has 1 aromatic rings. The maximum atomic E-state index is 12.2. The van der Waals surface area contributed by atoms with Crippen LogP contribution in [0.4, 0.5) is 5.69 Å². The van der Waals surface area contributed by atoms with Gasteiger partial charge in [0.25, 0.3) is 0 Å². The van der Waals surface area contributed by atoms with Crippen molar-refractivity contribution in [1.29, 1.82) is 0 Å². The highest BCUT2D eigenvalue weighted by atomic mass is 16.5. The molecule has 1 aromatic carbocycles. The lowest BCUT2D eigenvalue weighted by Crippen LogP contribution is -2.21. The number of carboxylic acids is 1. The van der Waals surface area contributed by atoms with Crippen molar-refractivity contribution in [3.8, 4) is 0 Å². The number of ether oxygens (including phenoxy) is 1. The smallest absolute Gasteiger partial charge is 0.306 e. The molecule has 22 heavy (non-hydrogen) atoms. The number of nitrogens with one attached hydrogen (secondary N) is 1. The van der Waals surface area contributed by atoms with E-state index in [2.05, 4.69) is 5.32 Å². The second-order valence-corrected chi connectivity index (χ2v) is 6.09. The number of carbonyl (C=O) groups excluding carboxylic acids is 1. The van der Waals surface area contributed by atoms with Crippen molar-refractivity contribution >= 4 is 17.6 Å². The van der Waals surface area contributed by atoms with Crippen LogP contribution in [0.3, 0.4) is 0 Å². The van der Waals surface area contributed by atoms with Crippen LogP contribution in [0.2, 0.25) is 0 Å². The quantitative estimate of drug-likeness (QED) is 0.847. The maximum absolute atomic E-state index is 12.2. The largest absolute Gasteiger partial charge is 0.481 e. The van der Waals surface area contributed by atoms with Crippen LogP contribution < -0.4 is 5.32 Å². The van der Waals surface area contributed by atoms with Crippen LogP contribution in [0.25, 0.3) is 0 Å². The number of hydrogen-bond donors (Lipinski definition) is 2. The average Bonchev–Trinajstić information content (AvgIpc) is 2.95. The minimum Gasteiger partial charge on any atom is -0.481 e. The Labute approximate surface area is 130 Å². The lowest BCUT2D eigenvalue weighted by Gasteiger charge is -2.12. The Morgan fingerprint density at radius 1 is 1.32 bits per heavy atom. The van der Waals surface area contributed by atoms with E-state index in [-0.39, 0.29) is 23.8 Å². The Balaban J connectivity index is 1.91. The summed E-state index contributed by atoms with van der Waals surface area (Å²) in [5.74, 6) is -1.49. The molecule has 5 heteroatoms. The van der Waals surface area contributed by atoms with Gasteiger partial charge in [0.15, 0.2) is 0 Å². The molecule has 0 aromatic heterocycles. The summed E-state index contributed by atoms with van der Waals surface area (Å²) in [6, 6.07) is 7.56. The Morgan fingerprint density at radius 2 is 2.05 bits per heavy atom. The Hall–Kier alpha value is -1.88. The third-order valence-corrected chi connectivity index (χ3v) is 3.93. The molecule has 0 saturated heterocycles. The van der Waals surface area contributed by atoms with Gasteiger partial charge in [0.1, 0.15) is 0 Å². The molecule has 2 atom stereocenters. The molecule has 1 aliphatic rings. The molecule has 120 valence electrons. The van der Waals surface area contributed by atoms with Crippen molar-refractivity contribution < 1.29 is 19.4 Å². The molecule has 0 bridgehead atoms. The number of rotatable bonds is 6. The number of hydrogen-bond acceptors (Lipinski definition) is 3. The van der Waals surface area contributed by atoms with Crippen LogP contribution in [-0.4, -0.2) is 23.1 Å². The van der Waals surface area contributed by atoms with Crippen LogP contribution in [0.5, 0.6) is 0 Å². The van der Waals surface area contributed by atoms with E-state index in [4.69, 9.17) is 9.84 Å². The molecule has 1 aliphatic carbocycles. The van der Waals surface area contributed by atoms with Gasteiger partial charge < -0.3 is 15.2 Å². The fourth-order valence-electron chi connectivity index (χ4n) is 2.69. The van der Waals surface area contributed by atoms with Gasteiger partial charge in [0, 0.05) is 11.6 Å². The molecule has 0 spiro atoms. The van der Waals surface area contributed by atoms with Gasteiger partial charge in [-0.05, 0) is 50.8 Å². The number of carbonyl (C=O) groups is 2. The summed E-state index contributed by atoms with van der Waals surface area (Å²) in [5, 5.41) is 11.9. The monoisotopic (exact) mass is 305 g/mol. The molecule has 2 rings (SSSR count). The SMILES string of the molecule is CC(C)OCc1cccc(NC(=O)[C@@H]2CC[C@H](C(=O)O)C2)c1. The van der Waals surface area contributed by atoms with Gasteiger partial charge in [-0.2, -0.15) is 0 Å². The summed E-state index contributed by atoms with van der Waals surface area (Å²) < 4.78 is 5.55. The standard InChI is InChI=1S/C17H23NO4/c1-11(2)22-10-12-4-3-5-15(8-12)18-16(19)13-6-7-14(9-13)17(20)21/h3-5,8,11,13-14H,6-7,9-10H2,1-2H3,(H,18,19)(H,20,21)/t13-,14+/m1/s1. The Morgan fingerprint density at radius 3 is 2.68 bits per heavy atom. The van der Waals surface area contributed by atoms with Gasteiger partial charge in [-0.1, -0.05) is 12.1 Å². The minimum atomic E-state index is -0.803. The third-order valence-electron chi connectivity index (χ3n) is 3.93. The number of carboxylic acid groups (broad SMARTS) is 1. The summed E-state index contributed by atoms with van der Waals surface area (Å²) in [4.78, 5) is 23.2. The van der Waals surface area contributed by atoms with E-state index in [9.17, 15) is 9.59 Å². The zero-order valence-corrected chi connectivity index (χ0v) is 13.0. The summed E-state index contributed by atoms with van der Waals surface area (Å²) >= 11 is 0. The lowest BCUT2D eigenvalue weighted by molar-refractivity contribution is -0.141. The number of amides is 1. The summed E-state index contributed by atoms with van der Waals surface area (Å²) in [7, 11) is 0. The molecule has 1 saturated carbocycles. The Kier molecular flexibility index (Phi) is 5.55. The first-order chi connectivity index (χ1) is 10.5. The molecule has 0 unspecified atom stereocenters. The fourth-order valence-corrected chi connectivity index (χ4v) is 2.69. The molecule has 2 N–H and O–H groups in total. The van der Waals surface area contributed by atoms with Crippen molar-refractivity contribution in [2.75, 3.05) is 5.32 Å². The maximum Gasteiger partial charge on any atom is 0.306 e. The van der Waals surface area contributed by atoms with Crippen LogP contribution in [-0.2, 0) is 20.9 Å². The first-order valence-electron chi connectivity index (χ1n) is 7.70. The first-order valence-corrected chi connectivity index (χ1v) is 7.70. The third kappa shape index (κ3) is 4.56. The van der Waals surface area contributed by atoms with E-state index in [1.165, 1.54) is 0 Å². The number of benzene rings is 1. The van der Waals surface area contributed by atoms with Crippen molar-refractivity contribution in [2.45, 2.75) is 45.8 Å². The summed E-state index contributed by atoms with van der Waals surface area (Å²) in [6.45, 7) is 4.46. The first kappa shape index (κ1) is 16.5. The van der Waals surface area contributed by atoms with E-state index in [1.54, 1.807) is 0 Å². The van der Waals surface area contributed by atoms with Crippen LogP contribution in [0.1, 0.15) is 38.7 Å². The summed E-state index contributed by atoms with van der Waals surface area (Å²) in [6.07, 6.45) is 1.80. The average molecular weight is 305 g/mol. The second kappa shape index (κ2) is 7.40. The number of aliphatic carboxylic acids is 1. The highest BCUT2D eigenvalue weighted by Crippen LogP contribution is 2.32. The molecule has 1 fully saturated rings. The lowest BCUT2D eigenvalue weighted by atomic mass is 10.0. The predicted octanol–water partition coefficient (Wildman–Crippen LogP) is 3.05. The number of anilines is 1. The molecular formula is C17H23NO4. The topological polar surface area (TPSA) is 75.6 Å². The van der Waals surface area contributed by atoms with Gasteiger partial charge in [-0.25, -0.2) is 0 Å². The van der Waals surface area contributed by atoms with Crippen molar-refractivity contribution in [2.24, 2.45) is 11.8 Å². The van der Waals surface area contributed by atoms with Gasteiger partial charge in [-0.3, -0.25) is 9.59 Å². The van der Waals surface area contributed by atoms with Crippen LogP contribution >= 0.6 is 0 Å². The molecule has 0 aliphatic heterocycles. The van der Waals surface area contributed by atoms with Crippen LogP contribution in [0.15, 0.2) is 24.3 Å². The van der Waals surface area contributed by atoms with E-state index in [0.29, 0.717) is 25.9 Å². The van der Waals surface area contributed by atoms with Crippen molar-refractivity contribution in [3.63, 3.8) is 0 Å². The zero-order chi connectivity index (χ0) is 16.1. The molecule has 0 radical (unpaired) electrons. The molecular weight excluding hydrogens is 282 g/mol. The van der Waals surface area contributed by atoms with E-state index in [0.717, 1.165) is 11.3 Å². The van der Waals surface area contributed by atoms with Gasteiger partial charge in [0.05, 0.1) is 18.6 Å². The molecule has 1 amide bonds. The Bertz CT molecular complexity index is 541. The predicted molar refractivity (Wildman–Crippen MR) is 83.5 cm³/mol.